The van der Waals surface area contributed by atoms with Crippen LogP contribution in [0.1, 0.15) is 126 Å². The molecule has 0 aliphatic heterocycles. The molecule has 6 aliphatic carbocycles. The number of fused-ring (bicyclic) bond motifs is 3. The molecule has 12 atom stereocenters. The third kappa shape index (κ3) is 12.1. The Hall–Kier alpha value is -2.20. The second-order valence-corrected chi connectivity index (χ2v) is 23.0. The first-order valence-electron chi connectivity index (χ1n) is 22.1. The van der Waals surface area contributed by atoms with Crippen molar-refractivity contribution in [3.63, 3.8) is 0 Å². The fraction of sp³-hybridized carbons (Fsp3) is 0.647. The normalized spacial score (nSPS) is 34.9. The van der Waals surface area contributed by atoms with E-state index in [1.54, 1.807) is 5.57 Å². The van der Waals surface area contributed by atoms with Gasteiger partial charge in [0, 0.05) is 12.5 Å². The molecular weight excluding hydrogens is 673 g/mol. The van der Waals surface area contributed by atoms with E-state index in [4.69, 9.17) is 9.16 Å². The summed E-state index contributed by atoms with van der Waals surface area (Å²) in [5, 5.41) is 0.412. The van der Waals surface area contributed by atoms with Crippen LogP contribution < -0.4 is 0 Å². The predicted molar refractivity (Wildman–Crippen MR) is 237 cm³/mol. The molecule has 1 aromatic rings. The third-order valence-corrected chi connectivity index (χ3v) is 14.9. The van der Waals surface area contributed by atoms with Crippen molar-refractivity contribution in [1.29, 1.82) is 0 Å². The maximum absolute atomic E-state index is 6.26. The highest BCUT2D eigenvalue weighted by atomic mass is 28.2. The van der Waals surface area contributed by atoms with E-state index in [9.17, 15) is 0 Å². The first-order chi connectivity index (χ1) is 25.7. The second kappa shape index (κ2) is 19.8. The molecule has 54 heavy (non-hydrogen) atoms. The Morgan fingerprint density at radius 2 is 1.20 bits per heavy atom. The number of rotatable bonds is 10. The lowest BCUT2D eigenvalue weighted by atomic mass is 9.79. The van der Waals surface area contributed by atoms with Crippen LogP contribution in [0.5, 0.6) is 0 Å². The molecule has 0 aromatic heterocycles. The van der Waals surface area contributed by atoms with Crippen molar-refractivity contribution in [2.75, 3.05) is 6.61 Å². The van der Waals surface area contributed by atoms with Crippen LogP contribution in [0.15, 0.2) is 97.2 Å². The van der Waals surface area contributed by atoms with E-state index in [0.717, 1.165) is 65.8 Å². The summed E-state index contributed by atoms with van der Waals surface area (Å²) in [6.45, 7) is 23.8. The molecule has 12 unspecified atom stereocenters. The van der Waals surface area contributed by atoms with Crippen LogP contribution in [-0.4, -0.2) is 28.1 Å². The lowest BCUT2D eigenvalue weighted by Gasteiger charge is -2.26. The van der Waals surface area contributed by atoms with Gasteiger partial charge in [-0.15, -0.1) is 0 Å². The molecule has 0 N–H and O–H groups in total. The molecule has 0 heterocycles. The van der Waals surface area contributed by atoms with Crippen molar-refractivity contribution in [1.82, 2.24) is 0 Å². The van der Waals surface area contributed by atoms with Gasteiger partial charge in [0.15, 0.2) is 9.76 Å². The van der Waals surface area contributed by atoms with Gasteiger partial charge >= 0.3 is 0 Å². The van der Waals surface area contributed by atoms with E-state index in [1.165, 1.54) is 56.9 Å². The number of allylic oxidation sites excluding steroid dienone is 11. The summed E-state index contributed by atoms with van der Waals surface area (Å²) in [4.78, 5) is 0. The van der Waals surface area contributed by atoms with Crippen molar-refractivity contribution >= 4 is 15.3 Å². The average molecular weight is 751 g/mol. The largest absolute Gasteiger partial charge is 0.420 e. The van der Waals surface area contributed by atoms with Crippen LogP contribution in [0.4, 0.5) is 0 Å². The van der Waals surface area contributed by atoms with E-state index in [-0.39, 0.29) is 5.60 Å². The molecular formula is C51H78O2Si. The molecule has 3 saturated carbocycles. The molecule has 0 radical (unpaired) electrons. The molecule has 0 bridgehead atoms. The quantitative estimate of drug-likeness (QED) is 0.175. The standard InChI is InChI=1S/C20H34O.C17H20.C14H24OSi/c1-16-15-17(19-13-9-8-12-18(16)19)11-7-5-6-10-14-21-20(2,3)4;1-12-11-17-15(13(12)2)9-6-10-16(17)14-7-4-3-5-8-14;1-10-9-13(15-16-14(2,3)4)12-8-6-5-7-11(10)12/h8-9,12-13,16-19H,5-7,10-11,14-15H2,1-4H3;3-10,12-13,15,17H,11H2,1-2H3;5-8,10-13H,9,16H2,1-4H3. The summed E-state index contributed by atoms with van der Waals surface area (Å²) in [6.07, 6.45) is 36.8. The smallest absolute Gasteiger partial charge is 0.167 e. The van der Waals surface area contributed by atoms with E-state index >= 15 is 0 Å². The van der Waals surface area contributed by atoms with E-state index in [1.807, 2.05) is 0 Å². The van der Waals surface area contributed by atoms with Crippen molar-refractivity contribution in [3.8, 4) is 0 Å². The zero-order valence-corrected chi connectivity index (χ0v) is 37.5. The molecule has 2 nitrogen and oxygen atoms in total. The number of benzene rings is 1. The van der Waals surface area contributed by atoms with E-state index < -0.39 is 9.76 Å². The molecule has 7 rings (SSSR count). The maximum atomic E-state index is 6.26. The van der Waals surface area contributed by atoms with Gasteiger partial charge in [0.1, 0.15) is 0 Å². The zero-order valence-electron chi connectivity index (χ0n) is 36.1. The first-order valence-corrected chi connectivity index (χ1v) is 23.4. The Balaban J connectivity index is 0.000000157. The topological polar surface area (TPSA) is 18.5 Å². The number of hydrogen-bond acceptors (Lipinski definition) is 2. The highest BCUT2D eigenvalue weighted by Gasteiger charge is 2.41. The maximum Gasteiger partial charge on any atom is 0.167 e. The second-order valence-electron chi connectivity index (χ2n) is 20.2. The fourth-order valence-electron chi connectivity index (χ4n) is 10.3. The number of unbranched alkanes of at least 4 members (excludes halogenated alkanes) is 3. The van der Waals surface area contributed by atoms with Gasteiger partial charge in [0.05, 0.1) is 11.7 Å². The highest BCUT2D eigenvalue weighted by molar-refractivity contribution is 6.31. The van der Waals surface area contributed by atoms with Crippen molar-refractivity contribution in [3.05, 3.63) is 103 Å². The summed E-state index contributed by atoms with van der Waals surface area (Å²) in [6, 6.07) is 10.9. The first kappa shape index (κ1) is 42.9. The van der Waals surface area contributed by atoms with Crippen LogP contribution in [0.3, 0.4) is 0 Å². The molecule has 3 fully saturated rings. The van der Waals surface area contributed by atoms with Gasteiger partial charge in [-0.25, -0.2) is 0 Å². The lowest BCUT2D eigenvalue weighted by Crippen LogP contribution is -2.26. The Bertz CT molecular complexity index is 1470. The van der Waals surface area contributed by atoms with Gasteiger partial charge in [-0.1, -0.05) is 165 Å². The van der Waals surface area contributed by atoms with Crippen molar-refractivity contribution < 1.29 is 9.16 Å². The van der Waals surface area contributed by atoms with Crippen LogP contribution in [0.25, 0.3) is 5.57 Å². The minimum absolute atomic E-state index is 0.0236. The minimum Gasteiger partial charge on any atom is -0.420 e. The number of hydrogen-bond donors (Lipinski definition) is 0. The Kier molecular flexibility index (Phi) is 15.7. The van der Waals surface area contributed by atoms with Crippen molar-refractivity contribution in [2.45, 2.75) is 137 Å². The molecule has 298 valence electrons. The minimum atomic E-state index is -0.408. The van der Waals surface area contributed by atoms with Gasteiger partial charge in [-0.2, -0.15) is 0 Å². The van der Waals surface area contributed by atoms with Crippen LogP contribution in [0, 0.1) is 65.1 Å². The molecule has 3 heteroatoms. The lowest BCUT2D eigenvalue weighted by molar-refractivity contribution is -0.00477. The summed E-state index contributed by atoms with van der Waals surface area (Å²) >= 11 is 0. The highest BCUT2D eigenvalue weighted by Crippen LogP contribution is 2.50. The van der Waals surface area contributed by atoms with E-state index in [0.29, 0.717) is 17.1 Å². The van der Waals surface area contributed by atoms with Crippen LogP contribution in [-0.2, 0) is 9.16 Å². The van der Waals surface area contributed by atoms with E-state index in [2.05, 4.69) is 166 Å². The fourth-order valence-corrected chi connectivity index (χ4v) is 11.4. The van der Waals surface area contributed by atoms with Gasteiger partial charge in [-0.3, -0.25) is 0 Å². The Labute approximate surface area is 335 Å². The zero-order chi connectivity index (χ0) is 38.9. The van der Waals surface area contributed by atoms with Crippen molar-refractivity contribution in [2.24, 2.45) is 65.1 Å². The van der Waals surface area contributed by atoms with Crippen LogP contribution >= 0.6 is 0 Å². The van der Waals surface area contributed by atoms with Gasteiger partial charge in [-0.05, 0) is 128 Å². The number of ether oxygens (including phenoxy) is 1. The molecule has 6 aliphatic rings. The molecule has 1 aromatic carbocycles. The Morgan fingerprint density at radius 1 is 0.611 bits per heavy atom. The van der Waals surface area contributed by atoms with Gasteiger partial charge in [0.2, 0.25) is 0 Å². The van der Waals surface area contributed by atoms with Gasteiger partial charge < -0.3 is 9.16 Å². The third-order valence-electron chi connectivity index (χ3n) is 13.5. The summed E-state index contributed by atoms with van der Waals surface area (Å²) in [5.41, 5.74) is 2.98. The summed E-state index contributed by atoms with van der Waals surface area (Å²) in [7, 11) is -0.408. The van der Waals surface area contributed by atoms with Gasteiger partial charge in [0.25, 0.3) is 0 Å². The molecule has 0 spiro atoms. The summed E-state index contributed by atoms with van der Waals surface area (Å²) in [5.74, 6) is 8.78. The SMILES string of the molecule is CC1CC(CCCCCCOC(C)(C)C)C2C=CC=CC12.CC1CC(O[SiH2]C(C)(C)C)C2C=CC=CC12.CC1CC2C(c3ccccc3)=CC=CC2C1C. The summed E-state index contributed by atoms with van der Waals surface area (Å²) < 4.78 is 12.0. The molecule has 0 saturated heterocycles. The Morgan fingerprint density at radius 3 is 1.87 bits per heavy atom. The average Bonchev–Trinajstić information content (AvgIpc) is 3.76. The predicted octanol–water partition coefficient (Wildman–Crippen LogP) is 13.4. The van der Waals surface area contributed by atoms with Crippen LogP contribution in [0.2, 0.25) is 5.04 Å². The monoisotopic (exact) mass is 751 g/mol. The molecule has 0 amide bonds.